The van der Waals surface area contributed by atoms with Crippen LogP contribution >= 0.6 is 0 Å². The number of halogens is 2. The zero-order valence-electron chi connectivity index (χ0n) is 24.5. The average molecular weight is 734 g/mol. The van der Waals surface area contributed by atoms with Crippen LogP contribution in [0, 0.1) is 35.0 Å². The topological polar surface area (TPSA) is 0 Å². The molecule has 0 radical (unpaired) electrons. The molecule has 0 saturated heterocycles. The average Bonchev–Trinajstić information content (AvgIpc) is 3.59. The van der Waals surface area contributed by atoms with E-state index >= 15 is 0 Å². The Hall–Kier alpha value is -0.153. The van der Waals surface area contributed by atoms with Gasteiger partial charge in [-0.05, 0) is 30.6 Å². The second kappa shape index (κ2) is 15.2. The Bertz CT molecular complexity index is 1020. The van der Waals surface area contributed by atoms with Gasteiger partial charge in [0.15, 0.2) is 0 Å². The first-order chi connectivity index (χ1) is 17.3. The summed E-state index contributed by atoms with van der Waals surface area (Å²) < 4.78 is 0. The van der Waals surface area contributed by atoms with Crippen LogP contribution in [0.2, 0.25) is 12.1 Å². The van der Waals surface area contributed by atoms with Crippen molar-refractivity contribution in [2.75, 3.05) is 0 Å². The van der Waals surface area contributed by atoms with Crippen LogP contribution in [-0.2, 0) is 29.4 Å². The zero-order valence-corrected chi connectivity index (χ0v) is 30.6. The first-order valence-electron chi connectivity index (χ1n) is 14.7. The molecule has 4 aliphatic rings. The van der Waals surface area contributed by atoms with Crippen molar-refractivity contribution in [1.29, 1.82) is 0 Å². The van der Waals surface area contributed by atoms with Crippen molar-refractivity contribution in [1.82, 2.24) is 0 Å². The molecule has 0 N–H and O–H groups in total. The third-order valence-corrected chi connectivity index (χ3v) is 19.6. The second-order valence-corrected chi connectivity index (χ2v) is 22.5. The molecule has 0 heterocycles. The molecule has 0 amide bonds. The van der Waals surface area contributed by atoms with Crippen molar-refractivity contribution < 1.29 is 47.8 Å². The first kappa shape index (κ1) is 34.1. The van der Waals surface area contributed by atoms with Gasteiger partial charge in [0.2, 0.25) is 0 Å². The molecule has 38 heavy (non-hydrogen) atoms. The molecule has 208 valence electrons. The molecule has 0 aliphatic heterocycles. The van der Waals surface area contributed by atoms with E-state index in [9.17, 15) is 0 Å². The van der Waals surface area contributed by atoms with Crippen LogP contribution in [0.1, 0.15) is 90.7 Å². The van der Waals surface area contributed by atoms with E-state index in [0.717, 1.165) is 29.6 Å². The van der Waals surface area contributed by atoms with Crippen molar-refractivity contribution in [2.24, 2.45) is 29.1 Å². The third-order valence-electron chi connectivity index (χ3n) is 10.3. The Labute approximate surface area is 261 Å². The minimum Gasteiger partial charge on any atom is -1.00 e. The first-order valence-corrected chi connectivity index (χ1v) is 22.0. The monoisotopic (exact) mass is 734 g/mol. The number of benzene rings is 1. The maximum absolute atomic E-state index is 2.51. The van der Waals surface area contributed by atoms with E-state index in [1.165, 1.54) is 73.6 Å². The Morgan fingerprint density at radius 3 is 2.13 bits per heavy atom. The molecule has 4 aliphatic carbocycles. The number of hydrogen-bond donors (Lipinski definition) is 0. The molecule has 2 aromatic carbocycles. The van der Waals surface area contributed by atoms with Gasteiger partial charge in [0.25, 0.3) is 0 Å². The fourth-order valence-corrected chi connectivity index (χ4v) is 8.08. The quantitative estimate of drug-likeness (QED) is 0.327. The largest absolute Gasteiger partial charge is 1.00 e. The van der Waals surface area contributed by atoms with Gasteiger partial charge >= 0.3 is 54.4 Å². The van der Waals surface area contributed by atoms with E-state index in [1.54, 1.807) is 17.0 Å². The minimum atomic E-state index is 0. The van der Waals surface area contributed by atoms with Crippen LogP contribution in [0.3, 0.4) is 0 Å². The van der Waals surface area contributed by atoms with Crippen molar-refractivity contribution in [3.63, 3.8) is 0 Å². The molecular formula is C34H48Cl2HfSi-2. The van der Waals surface area contributed by atoms with Crippen molar-refractivity contribution in [2.45, 2.75) is 98.1 Å². The van der Waals surface area contributed by atoms with Gasteiger partial charge in [-0.15, -0.1) is 6.92 Å². The molecule has 2 fully saturated rings. The van der Waals surface area contributed by atoms with E-state index in [-0.39, 0.29) is 30.3 Å². The summed E-state index contributed by atoms with van der Waals surface area (Å²) in [5.74, 6) is 6.00. The summed E-state index contributed by atoms with van der Waals surface area (Å²) in [4.78, 5) is 0. The number of rotatable bonds is 2. The predicted molar refractivity (Wildman–Crippen MR) is 154 cm³/mol. The second-order valence-electron chi connectivity index (χ2n) is 12.3. The Kier molecular flexibility index (Phi) is 13.6. The summed E-state index contributed by atoms with van der Waals surface area (Å²) >= 11 is 1.49. The molecule has 0 nitrogen and oxygen atoms in total. The van der Waals surface area contributed by atoms with Gasteiger partial charge in [-0.3, -0.25) is 0 Å². The summed E-state index contributed by atoms with van der Waals surface area (Å²) in [5, 5.41) is 0. The van der Waals surface area contributed by atoms with Crippen molar-refractivity contribution in [3.05, 3.63) is 82.8 Å². The predicted octanol–water partition coefficient (Wildman–Crippen LogP) is 3.70. The van der Waals surface area contributed by atoms with Gasteiger partial charge in [-0.25, -0.2) is 29.2 Å². The van der Waals surface area contributed by atoms with Crippen molar-refractivity contribution in [3.8, 4) is 0 Å². The smallest absolute Gasteiger partial charge is 0.0351 e. The molecule has 5 unspecified atom stereocenters. The molecular weight excluding hydrogens is 686 g/mol. The van der Waals surface area contributed by atoms with Crippen LogP contribution in [0.5, 0.6) is 0 Å². The van der Waals surface area contributed by atoms with Crippen LogP contribution in [0.25, 0.3) is 0 Å². The molecule has 0 aromatic heterocycles. The maximum atomic E-state index is 2.51. The fraction of sp³-hybridized carbons (Fsp3) is 0.588. The number of fused-ring (bicyclic) bond motifs is 7. The van der Waals surface area contributed by atoms with Gasteiger partial charge in [0.1, 0.15) is 0 Å². The minimum absolute atomic E-state index is 0. The van der Waals surface area contributed by atoms with E-state index < -0.39 is 0 Å². The molecule has 6 rings (SSSR count). The maximum Gasteiger partial charge on any atom is -0.0351 e. The van der Waals surface area contributed by atoms with E-state index in [4.69, 9.17) is 0 Å². The molecule has 5 atom stereocenters. The van der Waals surface area contributed by atoms with E-state index in [2.05, 4.69) is 65.8 Å². The number of allylic oxidation sites excluding steroid dienone is 2. The van der Waals surface area contributed by atoms with Gasteiger partial charge in [-0.1, -0.05) is 99.1 Å². The summed E-state index contributed by atoms with van der Waals surface area (Å²) in [6.45, 7) is 14.6. The van der Waals surface area contributed by atoms with Gasteiger partial charge < -0.3 is 24.8 Å². The molecule has 0 bridgehead atoms. The number of hydrogen-bond acceptors (Lipinski definition) is 0. The van der Waals surface area contributed by atoms with E-state index in [1.807, 2.05) is 41.5 Å². The van der Waals surface area contributed by atoms with E-state index in [0.29, 0.717) is 5.41 Å². The van der Waals surface area contributed by atoms with Crippen LogP contribution in [0.4, 0.5) is 0 Å². The molecule has 2 saturated carbocycles. The van der Waals surface area contributed by atoms with Gasteiger partial charge in [0, 0.05) is 0 Å². The molecule has 2 aromatic rings. The summed E-state index contributed by atoms with van der Waals surface area (Å²) in [6, 6.07) is 22.4. The molecule has 0 spiro atoms. The molecule has 4 heteroatoms. The SMILES string of the molecule is CC[Si](=[Hf+2])CC.C[C-]1C2=C3Cc4ccccc4C3C3CCCCC3C2CC(C)C1(C)C.[Cl-].[Cl-].c1cc[cH-]c1. The van der Waals surface area contributed by atoms with Crippen LogP contribution in [-0.4, -0.2) is 5.49 Å². The summed E-state index contributed by atoms with van der Waals surface area (Å²) in [6.07, 6.45) is 8.52. The normalized spacial score (nSPS) is 27.9. The zero-order chi connectivity index (χ0) is 25.9. The summed E-state index contributed by atoms with van der Waals surface area (Å²) in [7, 11) is 0. The Balaban J connectivity index is 0.000000330. The Morgan fingerprint density at radius 1 is 0.974 bits per heavy atom. The third kappa shape index (κ3) is 7.00. The fourth-order valence-electron chi connectivity index (χ4n) is 7.58. The van der Waals surface area contributed by atoms with Gasteiger partial charge in [0.05, 0.1) is 0 Å². The standard InChI is InChI=1S/C25H33.C5H5.C4H10Si.2ClH.Hf/c1-15-13-21-19-11-7-8-12-20(19)24-18-10-6-5-9-17(18)14-22(24)23(21)16(2)25(15,3)4;1-2-4-5-3-1;1-3-5-4-2;;;/h5-6,9-10,15,19-21,24H,7-8,11-14H2,1-4H3;1-5H;3-4H2,1-2H3;2*1H;/q2*-1;;;;+2/p-2. The van der Waals surface area contributed by atoms with Crippen LogP contribution in [0.15, 0.2) is 65.7 Å². The van der Waals surface area contributed by atoms with Gasteiger partial charge in [-0.2, -0.15) is 18.2 Å². The summed E-state index contributed by atoms with van der Waals surface area (Å²) in [5.41, 5.74) is 7.62. The van der Waals surface area contributed by atoms with Crippen LogP contribution < -0.4 is 24.8 Å². The van der Waals surface area contributed by atoms with Crippen molar-refractivity contribution >= 4 is 5.49 Å². The Morgan fingerprint density at radius 2 is 1.58 bits per heavy atom.